The van der Waals surface area contributed by atoms with Crippen LogP contribution in [0.5, 0.6) is 0 Å². The quantitative estimate of drug-likeness (QED) is 0.508. The van der Waals surface area contributed by atoms with E-state index in [2.05, 4.69) is 26.9 Å². The summed E-state index contributed by atoms with van der Waals surface area (Å²) in [6.45, 7) is 0. The van der Waals surface area contributed by atoms with Gasteiger partial charge >= 0.3 is 71.4 Å². The number of hydrogen-bond acceptors (Lipinski definition) is 12. The number of carboxylic acid groups (broad SMARTS) is 2. The smallest absolute Gasteiger partial charge is 0.652 e. The molecular weight excluding hydrogens is 322 g/mol. The molecule has 98 valence electrons. The Hall–Kier alpha value is -1.30. The van der Waals surface area contributed by atoms with Crippen molar-refractivity contribution in [1.29, 1.82) is 0 Å². The second-order valence-electron chi connectivity index (χ2n) is 2.14. The largest absolute Gasteiger partial charge is 2.00 e. The Labute approximate surface area is 133 Å². The predicted octanol–water partition coefficient (Wildman–Crippen LogP) is -2.89. The van der Waals surface area contributed by atoms with E-state index in [0.29, 0.717) is 0 Å². The zero-order valence-electron chi connectivity index (χ0n) is 8.63. The van der Waals surface area contributed by atoms with Crippen LogP contribution in [0.1, 0.15) is 0 Å². The maximum Gasteiger partial charge on any atom is 2.00 e. The van der Waals surface area contributed by atoms with Crippen molar-refractivity contribution in [2.24, 2.45) is 0 Å². The van der Waals surface area contributed by atoms with E-state index < -0.39 is 39.8 Å². The van der Waals surface area contributed by atoms with Gasteiger partial charge < -0.3 is 41.9 Å². The fourth-order valence-electron chi connectivity index (χ4n) is 0.541. The van der Waals surface area contributed by atoms with Crippen LogP contribution in [0.3, 0.4) is 0 Å². The Morgan fingerprint density at radius 1 is 1.16 bits per heavy atom. The monoisotopic (exact) mass is 322 g/mol. The van der Waals surface area contributed by atoms with E-state index in [1.807, 2.05) is 0 Å². The van der Waals surface area contributed by atoms with E-state index in [1.165, 1.54) is 0 Å². The fourth-order valence-corrected chi connectivity index (χ4v) is 1.04. The van der Waals surface area contributed by atoms with Gasteiger partial charge in [0.05, 0.1) is 0 Å². The van der Waals surface area contributed by atoms with E-state index in [9.17, 15) is 14.4 Å². The van der Waals surface area contributed by atoms with Crippen LogP contribution in [0.15, 0.2) is 13.2 Å². The summed E-state index contributed by atoms with van der Waals surface area (Å²) in [7, 11) is -3.43. The molecule has 0 saturated carbocycles. The molecule has 12 nitrogen and oxygen atoms in total. The maximum absolute atomic E-state index is 10.7. The molecule has 1 fully saturated rings. The van der Waals surface area contributed by atoms with Gasteiger partial charge in [-0.1, -0.05) is 0 Å². The number of carbonyl (C=O) groups is 3. The molecule has 15 heteroatoms. The van der Waals surface area contributed by atoms with Gasteiger partial charge in [-0.2, -0.15) is 0 Å². The Morgan fingerprint density at radius 3 is 2.00 bits per heavy atom. The molecule has 0 unspecified atom stereocenters. The Balaban J connectivity index is 0.000000576. The summed E-state index contributed by atoms with van der Waals surface area (Å²) in [6.07, 6.45) is -4.53. The van der Waals surface area contributed by atoms with Crippen LogP contribution in [0.2, 0.25) is 0 Å². The van der Waals surface area contributed by atoms with Crippen LogP contribution in [0.4, 0.5) is 14.4 Å². The summed E-state index contributed by atoms with van der Waals surface area (Å²) < 4.78 is 25.2. The number of rotatable bonds is 2. The second kappa shape index (κ2) is 7.99. The molecule has 2 heterocycles. The first-order valence-corrected chi connectivity index (χ1v) is 4.80. The van der Waals surface area contributed by atoms with Crippen molar-refractivity contribution in [1.82, 2.24) is 0 Å². The molecule has 0 amide bonds. The van der Waals surface area contributed by atoms with Gasteiger partial charge in [0.2, 0.25) is 0 Å². The topological polar surface area (TPSA) is 178 Å². The molecule has 1 aliphatic rings. The van der Waals surface area contributed by atoms with Crippen molar-refractivity contribution in [2.75, 3.05) is 0 Å². The van der Waals surface area contributed by atoms with Gasteiger partial charge in [-0.15, -0.1) is 0 Å². The molecule has 1 aromatic rings. The summed E-state index contributed by atoms with van der Waals surface area (Å²) in [5.41, 5.74) is 0. The van der Waals surface area contributed by atoms with Crippen LogP contribution >= 0.6 is 8.24 Å². The number of carbonyl (C=O) groups excluding carboxylic acids is 3. The van der Waals surface area contributed by atoms with Crippen LogP contribution in [-0.4, -0.2) is 63.5 Å². The zero-order chi connectivity index (χ0) is 13.7. The van der Waals surface area contributed by atoms with Gasteiger partial charge in [-0.25, -0.2) is 14.4 Å². The molecular formula is C4BCaO12P. The van der Waals surface area contributed by atoms with Crippen molar-refractivity contribution in [3.05, 3.63) is 10.6 Å². The van der Waals surface area contributed by atoms with Crippen molar-refractivity contribution in [3.8, 4) is 0 Å². The molecule has 0 spiro atoms. The first-order valence-electron chi connectivity index (χ1n) is 3.70. The SMILES string of the molecule is O=C([O-])[O-].O=C1OB(OC(=O)Op2oc(=O)o2)O1.[Ca+2]. The van der Waals surface area contributed by atoms with Crippen molar-refractivity contribution >= 4 is 71.8 Å². The zero-order valence-corrected chi connectivity index (χ0v) is 11.7. The predicted molar refractivity (Wildman–Crippen MR) is 47.5 cm³/mol. The van der Waals surface area contributed by atoms with Crippen molar-refractivity contribution in [2.45, 2.75) is 0 Å². The standard InChI is InChI=1S/C3BO9P.CH2O3.Ca/c5-1-8-4(9-1)10-2(6)11-14-12-3(7)13-14;2-1(3)4;/h;(H2,2,3,4);/q;;+2/p-2. The molecule has 1 aromatic heterocycles. The van der Waals surface area contributed by atoms with Gasteiger partial charge in [-0.05, 0) is 6.16 Å². The summed E-state index contributed by atoms with van der Waals surface area (Å²) in [6, 6.07) is 0. The van der Waals surface area contributed by atoms with Gasteiger partial charge in [0, 0.05) is 0 Å². The van der Waals surface area contributed by atoms with Crippen LogP contribution in [0, 0.1) is 0 Å². The van der Waals surface area contributed by atoms with Crippen LogP contribution in [0.25, 0.3) is 0 Å². The van der Waals surface area contributed by atoms with E-state index >= 15 is 0 Å². The first kappa shape index (κ1) is 17.7. The summed E-state index contributed by atoms with van der Waals surface area (Å²) >= 11 is 0. The number of hydrogen-bond donors (Lipinski definition) is 0. The van der Waals surface area contributed by atoms with Crippen LogP contribution < -0.4 is 20.6 Å². The normalized spacial score (nSPS) is 11.6. The minimum absolute atomic E-state index is 0. The van der Waals surface area contributed by atoms with Gasteiger partial charge in [0.25, 0.3) is 0 Å². The fraction of sp³-hybridized carbons (Fsp3) is 0. The molecule has 0 bridgehead atoms. The Morgan fingerprint density at radius 2 is 1.63 bits per heavy atom. The van der Waals surface area contributed by atoms with Crippen LogP contribution in [-0.2, 0) is 14.0 Å². The second-order valence-corrected chi connectivity index (χ2v) is 3.13. The average molecular weight is 322 g/mol. The molecule has 1 aliphatic heterocycles. The van der Waals surface area contributed by atoms with Crippen molar-refractivity contribution < 1.29 is 51.5 Å². The summed E-state index contributed by atoms with van der Waals surface area (Å²) in [5, 5.41) is 16.7. The van der Waals surface area contributed by atoms with Gasteiger partial charge in [0.1, 0.15) is 0 Å². The average Bonchev–Trinajstić information content (AvgIpc) is 2.12. The van der Waals surface area contributed by atoms with Crippen molar-refractivity contribution in [3.63, 3.8) is 0 Å². The minimum atomic E-state index is -2.33. The molecule has 0 atom stereocenters. The maximum atomic E-state index is 10.7. The third kappa shape index (κ3) is 7.01. The Kier molecular flexibility index (Phi) is 7.45. The molecule has 0 aromatic carbocycles. The summed E-state index contributed by atoms with van der Waals surface area (Å²) in [4.78, 5) is 39.2. The molecule has 0 N–H and O–H groups in total. The molecule has 0 aliphatic carbocycles. The van der Waals surface area contributed by atoms with E-state index in [0.717, 1.165) is 0 Å². The third-order valence-electron chi connectivity index (χ3n) is 1.02. The van der Waals surface area contributed by atoms with Gasteiger partial charge in [0.15, 0.2) is 0 Å². The first-order chi connectivity index (χ1) is 8.36. The Bertz CT molecular complexity index is 472. The van der Waals surface area contributed by atoms with E-state index in [-0.39, 0.29) is 37.7 Å². The molecule has 19 heavy (non-hydrogen) atoms. The van der Waals surface area contributed by atoms with E-state index in [1.54, 1.807) is 0 Å². The molecule has 2 rings (SSSR count). The molecule has 1 saturated heterocycles. The van der Waals surface area contributed by atoms with E-state index in [4.69, 9.17) is 15.0 Å². The minimum Gasteiger partial charge on any atom is -0.652 e. The molecule has 0 radical (unpaired) electrons. The van der Waals surface area contributed by atoms with Gasteiger partial charge in [-0.3, -0.25) is 0 Å². The third-order valence-corrected chi connectivity index (χ3v) is 1.92. The summed E-state index contributed by atoms with van der Waals surface area (Å²) in [5.74, 6) is -0.935.